The third kappa shape index (κ3) is 4.74. The number of halogens is 2. The van der Waals surface area contributed by atoms with Gasteiger partial charge in [-0.1, -0.05) is 23.4 Å². The first-order valence-electron chi connectivity index (χ1n) is 7.36. The minimum Gasteiger partial charge on any atom is -0.325 e. The minimum absolute atomic E-state index is 0.0812. The highest BCUT2D eigenvalue weighted by molar-refractivity contribution is 14.1. The van der Waals surface area contributed by atoms with Crippen LogP contribution >= 0.6 is 46.0 Å². The lowest BCUT2D eigenvalue weighted by Crippen LogP contribution is -2.14. The second kappa shape index (κ2) is 8.20. The van der Waals surface area contributed by atoms with Gasteiger partial charge in [0.05, 0.1) is 5.75 Å². The summed E-state index contributed by atoms with van der Waals surface area (Å²) < 4.78 is 2.99. The van der Waals surface area contributed by atoms with Crippen LogP contribution in [-0.2, 0) is 11.8 Å². The molecular weight excluding hydrogens is 471 g/mol. The molecule has 128 valence electrons. The van der Waals surface area contributed by atoms with E-state index in [0.717, 1.165) is 20.6 Å². The van der Waals surface area contributed by atoms with E-state index in [1.54, 1.807) is 0 Å². The highest BCUT2D eigenvalue weighted by atomic mass is 127. The first-order valence-corrected chi connectivity index (χ1v) is 9.81. The Morgan fingerprint density at radius 2 is 1.84 bits per heavy atom. The molecule has 3 aromatic rings. The van der Waals surface area contributed by atoms with Crippen LogP contribution in [0.25, 0.3) is 11.4 Å². The summed E-state index contributed by atoms with van der Waals surface area (Å²) >= 11 is 9.48. The Hall–Kier alpha value is -1.58. The van der Waals surface area contributed by atoms with Crippen LogP contribution in [0.2, 0.25) is 5.02 Å². The number of hydrogen-bond donors (Lipinski definition) is 1. The van der Waals surface area contributed by atoms with Gasteiger partial charge in [0.1, 0.15) is 0 Å². The molecule has 5 nitrogen and oxygen atoms in total. The molecule has 0 atom stereocenters. The van der Waals surface area contributed by atoms with Gasteiger partial charge in [-0.3, -0.25) is 4.79 Å². The Labute approximate surface area is 168 Å². The molecule has 3 rings (SSSR count). The van der Waals surface area contributed by atoms with Crippen molar-refractivity contribution >= 4 is 57.5 Å². The van der Waals surface area contributed by atoms with E-state index < -0.39 is 0 Å². The summed E-state index contributed by atoms with van der Waals surface area (Å²) in [6.45, 7) is 0. The van der Waals surface area contributed by atoms with Gasteiger partial charge in [0.25, 0.3) is 0 Å². The first kappa shape index (κ1) is 18.2. The van der Waals surface area contributed by atoms with Gasteiger partial charge in [-0.05, 0) is 71.1 Å². The molecule has 0 aliphatic heterocycles. The van der Waals surface area contributed by atoms with Gasteiger partial charge in [-0.25, -0.2) is 0 Å². The lowest BCUT2D eigenvalue weighted by atomic mass is 10.2. The van der Waals surface area contributed by atoms with Crippen molar-refractivity contribution in [2.75, 3.05) is 11.1 Å². The molecule has 0 fully saturated rings. The van der Waals surface area contributed by atoms with Crippen LogP contribution in [0, 0.1) is 3.57 Å². The number of carbonyl (C=O) groups is 1. The van der Waals surface area contributed by atoms with E-state index in [-0.39, 0.29) is 11.7 Å². The van der Waals surface area contributed by atoms with Gasteiger partial charge in [0.15, 0.2) is 11.0 Å². The smallest absolute Gasteiger partial charge is 0.234 e. The van der Waals surface area contributed by atoms with E-state index in [2.05, 4.69) is 38.1 Å². The molecule has 1 aromatic heterocycles. The summed E-state index contributed by atoms with van der Waals surface area (Å²) in [5.41, 5.74) is 1.71. The molecule has 1 amide bonds. The van der Waals surface area contributed by atoms with Gasteiger partial charge in [0.2, 0.25) is 5.91 Å². The summed E-state index contributed by atoms with van der Waals surface area (Å²) in [6, 6.07) is 15.1. The zero-order chi connectivity index (χ0) is 17.8. The monoisotopic (exact) mass is 484 g/mol. The minimum atomic E-state index is -0.0812. The number of rotatable bonds is 5. The van der Waals surface area contributed by atoms with Crippen molar-refractivity contribution in [3.63, 3.8) is 0 Å². The average Bonchev–Trinajstić information content (AvgIpc) is 2.97. The van der Waals surface area contributed by atoms with Crippen LogP contribution in [0.4, 0.5) is 5.69 Å². The van der Waals surface area contributed by atoms with Gasteiger partial charge >= 0.3 is 0 Å². The van der Waals surface area contributed by atoms with Crippen molar-refractivity contribution in [3.05, 3.63) is 57.1 Å². The number of nitrogens with zero attached hydrogens (tertiary/aromatic N) is 3. The standard InChI is InChI=1S/C17H14ClIN4OS/c1-23-16(11-2-4-12(18)5-3-11)21-22-17(23)25-10-15(24)20-14-8-6-13(19)7-9-14/h2-9H,10H2,1H3,(H,20,24). The Morgan fingerprint density at radius 3 is 2.52 bits per heavy atom. The molecule has 1 N–H and O–H groups in total. The molecule has 0 bridgehead atoms. The Bertz CT molecular complexity index is 881. The highest BCUT2D eigenvalue weighted by Gasteiger charge is 2.13. The van der Waals surface area contributed by atoms with Crippen molar-refractivity contribution in [2.24, 2.45) is 7.05 Å². The Kier molecular flexibility index (Phi) is 5.98. The number of carbonyl (C=O) groups excluding carboxylic acids is 1. The Balaban J connectivity index is 1.62. The van der Waals surface area contributed by atoms with Crippen LogP contribution in [0.1, 0.15) is 0 Å². The van der Waals surface area contributed by atoms with Crippen molar-refractivity contribution in [3.8, 4) is 11.4 Å². The maximum Gasteiger partial charge on any atom is 0.234 e. The molecule has 0 aliphatic carbocycles. The van der Waals surface area contributed by atoms with Crippen LogP contribution in [0.15, 0.2) is 53.7 Å². The van der Waals surface area contributed by atoms with E-state index in [4.69, 9.17) is 11.6 Å². The molecular formula is C17H14ClIN4OS. The molecule has 0 unspecified atom stereocenters. The van der Waals surface area contributed by atoms with Gasteiger partial charge < -0.3 is 9.88 Å². The van der Waals surface area contributed by atoms with Crippen molar-refractivity contribution in [1.82, 2.24) is 14.8 Å². The van der Waals surface area contributed by atoms with Crippen molar-refractivity contribution in [1.29, 1.82) is 0 Å². The molecule has 8 heteroatoms. The largest absolute Gasteiger partial charge is 0.325 e. The molecule has 0 radical (unpaired) electrons. The highest BCUT2D eigenvalue weighted by Crippen LogP contribution is 2.24. The number of thioether (sulfide) groups is 1. The quantitative estimate of drug-likeness (QED) is 0.429. The van der Waals surface area contributed by atoms with Crippen LogP contribution in [0.5, 0.6) is 0 Å². The van der Waals surface area contributed by atoms with Crippen molar-refractivity contribution < 1.29 is 4.79 Å². The summed E-state index contributed by atoms with van der Waals surface area (Å²) in [7, 11) is 1.88. The zero-order valence-corrected chi connectivity index (χ0v) is 17.0. The van der Waals surface area contributed by atoms with Crippen LogP contribution in [0.3, 0.4) is 0 Å². The van der Waals surface area contributed by atoms with Gasteiger partial charge in [-0.2, -0.15) is 0 Å². The third-order valence-electron chi connectivity index (χ3n) is 3.40. The molecule has 0 aliphatic rings. The number of hydrogen-bond acceptors (Lipinski definition) is 4. The van der Waals surface area contributed by atoms with E-state index in [9.17, 15) is 4.79 Å². The fraction of sp³-hybridized carbons (Fsp3) is 0.118. The molecule has 0 spiro atoms. The first-order chi connectivity index (χ1) is 12.0. The maximum absolute atomic E-state index is 12.1. The summed E-state index contributed by atoms with van der Waals surface area (Å²) in [4.78, 5) is 12.1. The second-order valence-electron chi connectivity index (χ2n) is 5.22. The summed E-state index contributed by atoms with van der Waals surface area (Å²) in [5, 5.41) is 12.6. The van der Waals surface area contributed by atoms with E-state index >= 15 is 0 Å². The Morgan fingerprint density at radius 1 is 1.16 bits per heavy atom. The molecule has 2 aromatic carbocycles. The lowest BCUT2D eigenvalue weighted by Gasteiger charge is -2.06. The summed E-state index contributed by atoms with van der Waals surface area (Å²) in [6.07, 6.45) is 0. The molecule has 1 heterocycles. The fourth-order valence-corrected chi connectivity index (χ4v) is 3.35. The topological polar surface area (TPSA) is 59.8 Å². The predicted octanol–water partition coefficient (Wildman–Crippen LogP) is 4.47. The SMILES string of the molecule is Cn1c(SCC(=O)Nc2ccc(I)cc2)nnc1-c1ccc(Cl)cc1. The maximum atomic E-state index is 12.1. The fourth-order valence-electron chi connectivity index (χ4n) is 2.15. The van der Waals surface area contributed by atoms with Crippen molar-refractivity contribution in [2.45, 2.75) is 5.16 Å². The lowest BCUT2D eigenvalue weighted by molar-refractivity contribution is -0.113. The number of nitrogens with one attached hydrogen (secondary N) is 1. The zero-order valence-electron chi connectivity index (χ0n) is 13.2. The molecule has 0 saturated carbocycles. The van der Waals surface area contributed by atoms with Crippen LogP contribution in [-0.4, -0.2) is 26.4 Å². The third-order valence-corrected chi connectivity index (χ3v) is 5.39. The van der Waals surface area contributed by atoms with E-state index in [1.807, 2.05) is 60.1 Å². The average molecular weight is 485 g/mol. The number of amides is 1. The van der Waals surface area contributed by atoms with Gasteiger partial charge in [-0.15, -0.1) is 10.2 Å². The molecule has 0 saturated heterocycles. The van der Waals surface area contributed by atoms with Crippen LogP contribution < -0.4 is 5.32 Å². The number of benzene rings is 2. The normalized spacial score (nSPS) is 10.7. The van der Waals surface area contributed by atoms with E-state index in [0.29, 0.717) is 10.2 Å². The molecule has 25 heavy (non-hydrogen) atoms. The number of aromatic nitrogens is 3. The van der Waals surface area contributed by atoms with E-state index in [1.165, 1.54) is 11.8 Å². The summed E-state index contributed by atoms with van der Waals surface area (Å²) in [5.74, 6) is 0.915. The number of anilines is 1. The predicted molar refractivity (Wildman–Crippen MR) is 110 cm³/mol. The van der Waals surface area contributed by atoms with Gasteiger partial charge in [0, 0.05) is 26.9 Å². The second-order valence-corrected chi connectivity index (χ2v) is 7.84.